The Hall–Kier alpha value is -2.92. The van der Waals surface area contributed by atoms with E-state index in [0.717, 1.165) is 16.4 Å². The summed E-state index contributed by atoms with van der Waals surface area (Å²) in [6.45, 7) is -0.281. The van der Waals surface area contributed by atoms with Gasteiger partial charge in [0.15, 0.2) is 0 Å². The topological polar surface area (TPSA) is 101 Å². The van der Waals surface area contributed by atoms with Crippen LogP contribution in [0.1, 0.15) is 10.4 Å². The van der Waals surface area contributed by atoms with Crippen molar-refractivity contribution in [1.82, 2.24) is 9.21 Å². The zero-order valence-electron chi connectivity index (χ0n) is 14.4. The molecule has 1 aliphatic heterocycles. The molecular formula is C17H15F2N3O5S. The van der Waals surface area contributed by atoms with Crippen molar-refractivity contribution in [2.75, 3.05) is 26.2 Å². The third-order valence-corrected chi connectivity index (χ3v) is 6.30. The normalized spacial score (nSPS) is 15.4. The molecule has 28 heavy (non-hydrogen) atoms. The van der Waals surface area contributed by atoms with E-state index in [9.17, 15) is 32.1 Å². The van der Waals surface area contributed by atoms with Gasteiger partial charge in [-0.05, 0) is 18.2 Å². The van der Waals surface area contributed by atoms with Crippen molar-refractivity contribution in [3.8, 4) is 0 Å². The van der Waals surface area contributed by atoms with Crippen LogP contribution < -0.4 is 0 Å². The molecule has 2 aromatic rings. The van der Waals surface area contributed by atoms with E-state index >= 15 is 0 Å². The van der Waals surface area contributed by atoms with Crippen LogP contribution in [-0.4, -0.2) is 54.6 Å². The summed E-state index contributed by atoms with van der Waals surface area (Å²) in [4.78, 5) is 23.7. The molecule has 0 spiro atoms. The Balaban J connectivity index is 1.76. The Morgan fingerprint density at radius 1 is 1.04 bits per heavy atom. The molecule has 11 heteroatoms. The number of nitro benzene ring substituents is 1. The molecule has 0 unspecified atom stereocenters. The van der Waals surface area contributed by atoms with Crippen LogP contribution in [0.5, 0.6) is 0 Å². The van der Waals surface area contributed by atoms with Crippen LogP contribution in [0.3, 0.4) is 0 Å². The Morgan fingerprint density at radius 2 is 1.68 bits per heavy atom. The van der Waals surface area contributed by atoms with E-state index in [1.54, 1.807) is 0 Å². The van der Waals surface area contributed by atoms with Crippen LogP contribution in [-0.2, 0) is 10.0 Å². The summed E-state index contributed by atoms with van der Waals surface area (Å²) in [7, 11) is -4.20. The fraction of sp³-hybridized carbons (Fsp3) is 0.235. The molecule has 1 fully saturated rings. The first kappa shape index (κ1) is 19.8. The molecule has 148 valence electrons. The Bertz CT molecular complexity index is 1040. The highest BCUT2D eigenvalue weighted by atomic mass is 32.2. The van der Waals surface area contributed by atoms with E-state index in [1.807, 2.05) is 0 Å². The summed E-state index contributed by atoms with van der Waals surface area (Å²) >= 11 is 0. The van der Waals surface area contributed by atoms with Crippen molar-refractivity contribution in [2.24, 2.45) is 0 Å². The van der Waals surface area contributed by atoms with Crippen molar-refractivity contribution in [2.45, 2.75) is 4.90 Å². The third kappa shape index (κ3) is 3.71. The molecule has 0 bridgehead atoms. The number of amides is 1. The molecule has 0 aromatic heterocycles. The minimum atomic E-state index is -4.20. The van der Waals surface area contributed by atoms with Gasteiger partial charge in [0.1, 0.15) is 22.1 Å². The lowest BCUT2D eigenvalue weighted by molar-refractivity contribution is -0.385. The monoisotopic (exact) mass is 411 g/mol. The lowest BCUT2D eigenvalue weighted by Crippen LogP contribution is -2.50. The standard InChI is InChI=1S/C17H15F2N3O5S/c18-12-5-6-16(14(19)11-12)28(26,27)21-9-7-20(8-10-21)17(23)13-3-1-2-4-15(13)22(24)25/h1-6,11H,7-10H2. The zero-order valence-corrected chi connectivity index (χ0v) is 15.2. The van der Waals surface area contributed by atoms with Gasteiger partial charge in [0.05, 0.1) is 4.92 Å². The summed E-state index contributed by atoms with van der Waals surface area (Å²) in [5.41, 5.74) is -0.427. The van der Waals surface area contributed by atoms with Gasteiger partial charge in [0.25, 0.3) is 11.6 Å². The van der Waals surface area contributed by atoms with Crippen molar-refractivity contribution >= 4 is 21.6 Å². The number of carbonyl (C=O) groups excluding carboxylic acids is 1. The van der Waals surface area contributed by atoms with Gasteiger partial charge >= 0.3 is 0 Å². The van der Waals surface area contributed by atoms with E-state index in [0.29, 0.717) is 6.07 Å². The number of halogens is 2. The summed E-state index contributed by atoms with van der Waals surface area (Å²) in [5.74, 6) is -2.67. The Labute approximate surface area is 159 Å². The van der Waals surface area contributed by atoms with Gasteiger partial charge in [-0.15, -0.1) is 0 Å². The van der Waals surface area contributed by atoms with Gasteiger partial charge in [-0.3, -0.25) is 14.9 Å². The minimum absolute atomic E-state index is 0.0209. The summed E-state index contributed by atoms with van der Waals surface area (Å²) in [6, 6.07) is 7.67. The largest absolute Gasteiger partial charge is 0.336 e. The number of piperazine rings is 1. The molecule has 1 saturated heterocycles. The van der Waals surface area contributed by atoms with Crippen LogP contribution in [0.15, 0.2) is 47.4 Å². The number of para-hydroxylation sites is 1. The van der Waals surface area contributed by atoms with E-state index in [1.165, 1.54) is 29.2 Å². The number of nitrogens with zero attached hydrogens (tertiary/aromatic N) is 3. The molecule has 2 aromatic carbocycles. The summed E-state index contributed by atoms with van der Waals surface area (Å²) < 4.78 is 53.1. The number of rotatable bonds is 4. The lowest BCUT2D eigenvalue weighted by atomic mass is 10.1. The predicted octanol–water partition coefficient (Wildman–Crippen LogP) is 2.02. The van der Waals surface area contributed by atoms with Gasteiger partial charge in [-0.25, -0.2) is 17.2 Å². The second-order valence-electron chi connectivity index (χ2n) is 6.05. The van der Waals surface area contributed by atoms with E-state index in [-0.39, 0.29) is 37.4 Å². The lowest BCUT2D eigenvalue weighted by Gasteiger charge is -2.34. The highest BCUT2D eigenvalue weighted by Crippen LogP contribution is 2.24. The molecule has 0 radical (unpaired) electrons. The average Bonchev–Trinajstić information content (AvgIpc) is 2.67. The minimum Gasteiger partial charge on any atom is -0.336 e. The van der Waals surface area contributed by atoms with E-state index in [2.05, 4.69) is 0 Å². The number of hydrogen-bond donors (Lipinski definition) is 0. The average molecular weight is 411 g/mol. The van der Waals surface area contributed by atoms with Crippen LogP contribution in [0.4, 0.5) is 14.5 Å². The smallest absolute Gasteiger partial charge is 0.282 e. The molecule has 0 aliphatic carbocycles. The molecule has 0 atom stereocenters. The maximum atomic E-state index is 13.9. The highest BCUT2D eigenvalue weighted by molar-refractivity contribution is 7.89. The molecule has 1 aliphatic rings. The van der Waals surface area contributed by atoms with E-state index < -0.39 is 37.4 Å². The van der Waals surface area contributed by atoms with Crippen LogP contribution >= 0.6 is 0 Å². The van der Waals surface area contributed by atoms with Gasteiger partial charge in [-0.2, -0.15) is 4.31 Å². The van der Waals surface area contributed by atoms with Crippen molar-refractivity contribution in [1.29, 1.82) is 0 Å². The number of hydrogen-bond acceptors (Lipinski definition) is 5. The van der Waals surface area contributed by atoms with Gasteiger partial charge in [0.2, 0.25) is 10.0 Å². The summed E-state index contributed by atoms with van der Waals surface area (Å²) in [6.07, 6.45) is 0. The van der Waals surface area contributed by atoms with Gasteiger partial charge in [0, 0.05) is 38.3 Å². The number of benzene rings is 2. The van der Waals surface area contributed by atoms with Crippen LogP contribution in [0, 0.1) is 21.7 Å². The quantitative estimate of drug-likeness (QED) is 0.566. The predicted molar refractivity (Wildman–Crippen MR) is 94.1 cm³/mol. The van der Waals surface area contributed by atoms with Crippen molar-refractivity contribution < 1.29 is 26.9 Å². The SMILES string of the molecule is O=C(c1ccccc1[N+](=O)[O-])N1CCN(S(=O)(=O)c2ccc(F)cc2F)CC1. The Morgan fingerprint density at radius 3 is 2.29 bits per heavy atom. The van der Waals surface area contributed by atoms with E-state index in [4.69, 9.17) is 0 Å². The molecule has 1 amide bonds. The molecule has 1 heterocycles. The first-order chi connectivity index (χ1) is 13.2. The maximum Gasteiger partial charge on any atom is 0.282 e. The van der Waals surface area contributed by atoms with Crippen LogP contribution in [0.2, 0.25) is 0 Å². The fourth-order valence-electron chi connectivity index (χ4n) is 2.94. The fourth-order valence-corrected chi connectivity index (χ4v) is 4.41. The number of sulfonamides is 1. The van der Waals surface area contributed by atoms with Crippen molar-refractivity contribution in [3.05, 3.63) is 69.8 Å². The van der Waals surface area contributed by atoms with Gasteiger partial charge < -0.3 is 4.90 Å². The number of nitro groups is 1. The maximum absolute atomic E-state index is 13.9. The second kappa shape index (κ2) is 7.60. The zero-order chi connectivity index (χ0) is 20.5. The van der Waals surface area contributed by atoms with Crippen molar-refractivity contribution in [3.63, 3.8) is 0 Å². The molecular weight excluding hydrogens is 396 g/mol. The molecule has 0 saturated carbocycles. The molecule has 3 rings (SSSR count). The molecule has 8 nitrogen and oxygen atoms in total. The van der Waals surface area contributed by atoms with Crippen LogP contribution in [0.25, 0.3) is 0 Å². The highest BCUT2D eigenvalue weighted by Gasteiger charge is 2.33. The second-order valence-corrected chi connectivity index (χ2v) is 7.95. The first-order valence-electron chi connectivity index (χ1n) is 8.19. The third-order valence-electron chi connectivity index (χ3n) is 4.37. The Kier molecular flexibility index (Phi) is 5.38. The van der Waals surface area contributed by atoms with Gasteiger partial charge in [-0.1, -0.05) is 12.1 Å². The number of carbonyl (C=O) groups is 1. The summed E-state index contributed by atoms with van der Waals surface area (Å²) in [5, 5.41) is 11.1. The first-order valence-corrected chi connectivity index (χ1v) is 9.63. The molecule has 0 N–H and O–H groups in total.